The zero-order chi connectivity index (χ0) is 19.6. The highest BCUT2D eigenvalue weighted by molar-refractivity contribution is 6.06. The highest BCUT2D eigenvalue weighted by Gasteiger charge is 2.45. The zero-order valence-corrected chi connectivity index (χ0v) is 14.4. The van der Waals surface area contributed by atoms with Crippen LogP contribution in [0.2, 0.25) is 0 Å². The number of aliphatic carboxylic acids is 1. The lowest BCUT2D eigenvalue weighted by Crippen LogP contribution is -2.36. The molecule has 0 spiro atoms. The number of alkyl halides is 3. The van der Waals surface area contributed by atoms with Gasteiger partial charge in [-0.2, -0.15) is 13.2 Å². The van der Waals surface area contributed by atoms with Crippen LogP contribution in [0.25, 0.3) is 0 Å². The summed E-state index contributed by atoms with van der Waals surface area (Å²) in [6, 6.07) is 4.65. The Morgan fingerprint density at radius 3 is 2.38 bits per heavy atom. The molecule has 140 valence electrons. The normalized spacial score (nSPS) is 20.6. The quantitative estimate of drug-likeness (QED) is 0.819. The molecule has 1 aromatic carbocycles. The number of hydrogen-bond acceptors (Lipinski definition) is 4. The second kappa shape index (κ2) is 7.31. The minimum absolute atomic E-state index is 0.00366. The molecule has 1 heterocycles. The molecule has 1 aliphatic heterocycles. The van der Waals surface area contributed by atoms with Crippen molar-refractivity contribution in [3.05, 3.63) is 46.7 Å². The molecule has 0 radical (unpaired) electrons. The summed E-state index contributed by atoms with van der Waals surface area (Å²) in [6.45, 7) is 4.44. The molecule has 1 aromatic rings. The van der Waals surface area contributed by atoms with Crippen molar-refractivity contribution in [3.8, 4) is 0 Å². The summed E-state index contributed by atoms with van der Waals surface area (Å²) in [5.41, 5.74) is -1.16. The Hall–Kier alpha value is -2.64. The van der Waals surface area contributed by atoms with E-state index in [9.17, 15) is 27.9 Å². The third kappa shape index (κ3) is 3.63. The van der Waals surface area contributed by atoms with Crippen molar-refractivity contribution in [1.29, 1.82) is 0 Å². The van der Waals surface area contributed by atoms with Crippen molar-refractivity contribution in [2.45, 2.75) is 32.9 Å². The van der Waals surface area contributed by atoms with Gasteiger partial charge in [-0.25, -0.2) is 4.79 Å². The van der Waals surface area contributed by atoms with E-state index in [0.29, 0.717) is 0 Å². The molecule has 2 atom stereocenters. The van der Waals surface area contributed by atoms with Gasteiger partial charge in [0.2, 0.25) is 0 Å². The molecule has 0 aromatic heterocycles. The van der Waals surface area contributed by atoms with E-state index in [1.165, 1.54) is 32.0 Å². The molecule has 0 saturated heterocycles. The van der Waals surface area contributed by atoms with Gasteiger partial charge in [-0.3, -0.25) is 9.79 Å². The van der Waals surface area contributed by atoms with Crippen molar-refractivity contribution < 1.29 is 32.6 Å². The molecular formula is C18H18F3NO4. The monoisotopic (exact) mass is 369 g/mol. The van der Waals surface area contributed by atoms with Crippen LogP contribution in [0.5, 0.6) is 0 Å². The van der Waals surface area contributed by atoms with E-state index in [2.05, 4.69) is 4.99 Å². The largest absolute Gasteiger partial charge is 0.481 e. The maximum atomic E-state index is 13.5. The van der Waals surface area contributed by atoms with Crippen molar-refractivity contribution in [1.82, 2.24) is 0 Å². The van der Waals surface area contributed by atoms with Crippen LogP contribution in [0.3, 0.4) is 0 Å². The highest BCUT2D eigenvalue weighted by atomic mass is 19.4. The number of allylic oxidation sites excluding steroid dienone is 1. The topological polar surface area (TPSA) is 76.0 Å². The van der Waals surface area contributed by atoms with Crippen LogP contribution < -0.4 is 0 Å². The number of hydrogen-bond donors (Lipinski definition) is 1. The van der Waals surface area contributed by atoms with Gasteiger partial charge in [-0.1, -0.05) is 18.2 Å². The summed E-state index contributed by atoms with van der Waals surface area (Å²) in [5.74, 6) is -4.97. The van der Waals surface area contributed by atoms with E-state index in [1.54, 1.807) is 6.92 Å². The third-order valence-electron chi connectivity index (χ3n) is 4.19. The predicted octanol–water partition coefficient (Wildman–Crippen LogP) is 3.80. The van der Waals surface area contributed by atoms with Crippen molar-refractivity contribution >= 4 is 17.7 Å². The predicted molar refractivity (Wildman–Crippen MR) is 87.8 cm³/mol. The number of carboxylic acid groups (broad SMARTS) is 1. The minimum atomic E-state index is -4.70. The number of carbonyl (C=O) groups is 2. The van der Waals surface area contributed by atoms with Gasteiger partial charge in [0.05, 0.1) is 17.7 Å². The van der Waals surface area contributed by atoms with Crippen molar-refractivity contribution in [2.75, 3.05) is 6.61 Å². The summed E-state index contributed by atoms with van der Waals surface area (Å²) in [6.07, 6.45) is -4.70. The van der Waals surface area contributed by atoms with E-state index >= 15 is 0 Å². The van der Waals surface area contributed by atoms with E-state index in [-0.39, 0.29) is 29.2 Å². The first kappa shape index (κ1) is 19.7. The molecule has 2 unspecified atom stereocenters. The number of ether oxygens (including phenoxy) is 1. The van der Waals surface area contributed by atoms with Crippen LogP contribution in [0.4, 0.5) is 13.2 Å². The molecule has 5 nitrogen and oxygen atoms in total. The third-order valence-corrected chi connectivity index (χ3v) is 4.19. The molecule has 0 saturated carbocycles. The van der Waals surface area contributed by atoms with Crippen molar-refractivity contribution in [2.24, 2.45) is 10.9 Å². The molecule has 0 amide bonds. The molecule has 0 fully saturated rings. The summed E-state index contributed by atoms with van der Waals surface area (Å²) in [4.78, 5) is 28.3. The maximum absolute atomic E-state index is 13.5. The lowest BCUT2D eigenvalue weighted by atomic mass is 9.74. The summed E-state index contributed by atoms with van der Waals surface area (Å²) >= 11 is 0. The number of carbonyl (C=O) groups excluding carboxylic acids is 1. The number of benzene rings is 1. The number of halogens is 3. The zero-order valence-electron chi connectivity index (χ0n) is 14.4. The molecule has 0 bridgehead atoms. The molecule has 26 heavy (non-hydrogen) atoms. The van der Waals surface area contributed by atoms with Crippen LogP contribution in [0.15, 0.2) is 40.5 Å². The molecule has 8 heteroatoms. The Morgan fingerprint density at radius 2 is 1.85 bits per heavy atom. The first-order valence-corrected chi connectivity index (χ1v) is 7.91. The number of carboxylic acids is 1. The highest BCUT2D eigenvalue weighted by Crippen LogP contribution is 2.44. The SMILES string of the molecule is CCOC(=O)C1=C(C)N=C(C)C(C(=O)O)C1c1ccccc1C(F)(F)F. The fourth-order valence-corrected chi connectivity index (χ4v) is 3.19. The van der Waals surface area contributed by atoms with Crippen LogP contribution >= 0.6 is 0 Å². The molecule has 2 rings (SSSR count). The first-order chi connectivity index (χ1) is 12.1. The summed E-state index contributed by atoms with van der Waals surface area (Å²) in [7, 11) is 0. The number of rotatable bonds is 4. The Kier molecular flexibility index (Phi) is 5.53. The van der Waals surface area contributed by atoms with E-state index in [1.807, 2.05) is 0 Å². The van der Waals surface area contributed by atoms with Gasteiger partial charge in [-0.15, -0.1) is 0 Å². The fraction of sp³-hybridized carbons (Fsp3) is 0.389. The summed E-state index contributed by atoms with van der Waals surface area (Å²) < 4.78 is 45.4. The standard InChI is InChI=1S/C18H18F3NO4/c1-4-26-17(25)14-10(3)22-9(2)13(16(23)24)15(14)11-7-5-6-8-12(11)18(19,20)21/h5-8,13,15H,4H2,1-3H3,(H,23,24). The smallest absolute Gasteiger partial charge is 0.416 e. The van der Waals surface area contributed by atoms with Gasteiger partial charge in [0.25, 0.3) is 0 Å². The van der Waals surface area contributed by atoms with Crippen molar-refractivity contribution in [3.63, 3.8) is 0 Å². The summed E-state index contributed by atoms with van der Waals surface area (Å²) in [5, 5.41) is 9.61. The lowest BCUT2D eigenvalue weighted by Gasteiger charge is -2.32. The average Bonchev–Trinajstić information content (AvgIpc) is 2.53. The van der Waals surface area contributed by atoms with Crippen LogP contribution in [0.1, 0.15) is 37.8 Å². The number of esters is 1. The molecule has 1 N–H and O–H groups in total. The Bertz CT molecular complexity index is 796. The lowest BCUT2D eigenvalue weighted by molar-refractivity contribution is -0.143. The average molecular weight is 369 g/mol. The van der Waals surface area contributed by atoms with Crippen LogP contribution in [-0.4, -0.2) is 29.4 Å². The minimum Gasteiger partial charge on any atom is -0.481 e. The van der Waals surface area contributed by atoms with Gasteiger partial charge in [-0.05, 0) is 32.4 Å². The molecule has 1 aliphatic rings. The van der Waals surface area contributed by atoms with Gasteiger partial charge >= 0.3 is 18.1 Å². The number of aliphatic imine (C=N–C) groups is 1. The number of nitrogens with zero attached hydrogens (tertiary/aromatic N) is 1. The molecular weight excluding hydrogens is 351 g/mol. The van der Waals surface area contributed by atoms with Gasteiger partial charge in [0.1, 0.15) is 5.92 Å². The van der Waals surface area contributed by atoms with Crippen LogP contribution in [-0.2, 0) is 20.5 Å². The van der Waals surface area contributed by atoms with Gasteiger partial charge in [0.15, 0.2) is 0 Å². The second-order valence-electron chi connectivity index (χ2n) is 5.85. The first-order valence-electron chi connectivity index (χ1n) is 7.91. The van der Waals surface area contributed by atoms with E-state index < -0.39 is 35.5 Å². The molecule has 0 aliphatic carbocycles. The van der Waals surface area contributed by atoms with Gasteiger partial charge in [0, 0.05) is 17.3 Å². The Morgan fingerprint density at radius 1 is 1.23 bits per heavy atom. The van der Waals surface area contributed by atoms with Gasteiger partial charge < -0.3 is 9.84 Å². The van der Waals surface area contributed by atoms with E-state index in [0.717, 1.165) is 6.07 Å². The Labute approximate surface area is 148 Å². The second-order valence-corrected chi connectivity index (χ2v) is 5.85. The maximum Gasteiger partial charge on any atom is 0.416 e. The fourth-order valence-electron chi connectivity index (χ4n) is 3.19. The Balaban J connectivity index is 2.77. The van der Waals surface area contributed by atoms with E-state index in [4.69, 9.17) is 4.74 Å². The van der Waals surface area contributed by atoms with Crippen LogP contribution in [0, 0.1) is 5.92 Å².